The van der Waals surface area contributed by atoms with E-state index in [1.807, 2.05) is 0 Å². The maximum atomic E-state index is 12.4. The molecule has 2 rings (SSSR count). The minimum absolute atomic E-state index is 0.181. The van der Waals surface area contributed by atoms with Crippen LogP contribution in [-0.2, 0) is 15.7 Å². The van der Waals surface area contributed by atoms with Gasteiger partial charge >= 0.3 is 18.2 Å². The summed E-state index contributed by atoms with van der Waals surface area (Å²) in [7, 11) is 0. The van der Waals surface area contributed by atoms with Crippen LogP contribution in [0, 0.1) is 5.92 Å². The maximum Gasteiger partial charge on any atom is 0.433 e. The second-order valence-corrected chi connectivity index (χ2v) is 5.37. The smallest absolute Gasteiger partial charge is 0.433 e. The van der Waals surface area contributed by atoms with Gasteiger partial charge in [-0.05, 0) is 31.9 Å². The van der Waals surface area contributed by atoms with Crippen molar-refractivity contribution in [2.75, 3.05) is 25.0 Å². The van der Waals surface area contributed by atoms with Crippen LogP contribution >= 0.6 is 0 Å². The minimum atomic E-state index is -4.52. The fraction of sp³-hybridized carbons (Fsp3) is 0.533. The Kier molecular flexibility index (Phi) is 5.63. The zero-order chi connectivity index (χ0) is 17.7. The molecular formula is C15H18F3N3O3. The van der Waals surface area contributed by atoms with E-state index in [9.17, 15) is 22.8 Å². The fourth-order valence-electron chi connectivity index (χ4n) is 2.42. The van der Waals surface area contributed by atoms with Crippen LogP contribution in [0.5, 0.6) is 0 Å². The van der Waals surface area contributed by atoms with Crippen LogP contribution in [0.4, 0.5) is 23.7 Å². The highest BCUT2D eigenvalue weighted by Crippen LogP contribution is 2.28. The van der Waals surface area contributed by atoms with Crippen LogP contribution in [0.1, 0.15) is 25.5 Å². The third-order valence-corrected chi connectivity index (χ3v) is 3.71. The number of nitrogens with zero attached hydrogens (tertiary/aromatic N) is 2. The number of ether oxygens (including phenoxy) is 1. The maximum absolute atomic E-state index is 12.4. The van der Waals surface area contributed by atoms with Gasteiger partial charge in [0.25, 0.3) is 0 Å². The summed E-state index contributed by atoms with van der Waals surface area (Å²) in [6, 6.07) is 1.53. The number of amides is 2. The summed E-state index contributed by atoms with van der Waals surface area (Å²) in [5.74, 6) is -0.480. The molecule has 0 aliphatic carbocycles. The number of anilines is 1. The van der Waals surface area contributed by atoms with E-state index in [0.29, 0.717) is 32.5 Å². The SMILES string of the molecule is CCOC(=O)C1CCN(C(=O)Nc2ccc(C(F)(F)F)nc2)CC1. The van der Waals surface area contributed by atoms with E-state index in [1.165, 1.54) is 4.90 Å². The lowest BCUT2D eigenvalue weighted by Gasteiger charge is -2.30. The first-order chi connectivity index (χ1) is 11.3. The van der Waals surface area contributed by atoms with E-state index in [2.05, 4.69) is 10.3 Å². The topological polar surface area (TPSA) is 71.5 Å². The van der Waals surface area contributed by atoms with Gasteiger partial charge in [-0.25, -0.2) is 9.78 Å². The van der Waals surface area contributed by atoms with Gasteiger partial charge in [-0.2, -0.15) is 13.2 Å². The molecule has 9 heteroatoms. The average Bonchev–Trinajstić information content (AvgIpc) is 2.55. The van der Waals surface area contributed by atoms with Gasteiger partial charge in [0.2, 0.25) is 0 Å². The monoisotopic (exact) mass is 345 g/mol. The highest BCUT2D eigenvalue weighted by Gasteiger charge is 2.32. The number of carbonyl (C=O) groups is 2. The first-order valence-electron chi connectivity index (χ1n) is 7.57. The molecule has 1 aromatic rings. The van der Waals surface area contributed by atoms with Gasteiger partial charge in [-0.15, -0.1) is 0 Å². The van der Waals surface area contributed by atoms with Crippen molar-refractivity contribution in [2.24, 2.45) is 5.92 Å². The molecule has 1 saturated heterocycles. The van der Waals surface area contributed by atoms with Gasteiger partial charge < -0.3 is 15.0 Å². The molecule has 1 aliphatic rings. The predicted molar refractivity (Wildman–Crippen MR) is 79.2 cm³/mol. The summed E-state index contributed by atoms with van der Waals surface area (Å²) >= 11 is 0. The van der Waals surface area contributed by atoms with E-state index in [0.717, 1.165) is 18.3 Å². The summed E-state index contributed by atoms with van der Waals surface area (Å²) in [6.45, 7) is 2.81. The molecule has 0 spiro atoms. The summed E-state index contributed by atoms with van der Waals surface area (Å²) in [5.41, 5.74) is -0.837. The first-order valence-corrected chi connectivity index (χ1v) is 7.57. The van der Waals surface area contributed by atoms with Crippen LogP contribution in [0.2, 0.25) is 0 Å². The van der Waals surface area contributed by atoms with Crippen molar-refractivity contribution in [2.45, 2.75) is 25.9 Å². The molecule has 0 radical (unpaired) electrons. The summed E-state index contributed by atoms with van der Waals surface area (Å²) in [5, 5.41) is 2.50. The third-order valence-electron chi connectivity index (χ3n) is 3.71. The summed E-state index contributed by atoms with van der Waals surface area (Å²) < 4.78 is 42.3. The molecule has 0 saturated carbocycles. The molecule has 132 valence electrons. The van der Waals surface area contributed by atoms with Crippen molar-refractivity contribution in [3.8, 4) is 0 Å². The molecule has 2 heterocycles. The number of aromatic nitrogens is 1. The lowest BCUT2D eigenvalue weighted by molar-refractivity contribution is -0.149. The standard InChI is InChI=1S/C15H18F3N3O3/c1-2-24-13(22)10-5-7-21(8-6-10)14(23)20-11-3-4-12(19-9-11)15(16,17)18/h3-4,9-10H,2,5-8H2,1H3,(H,20,23). The molecule has 1 aliphatic heterocycles. The van der Waals surface area contributed by atoms with E-state index >= 15 is 0 Å². The Hall–Kier alpha value is -2.32. The van der Waals surface area contributed by atoms with Crippen molar-refractivity contribution < 1.29 is 27.5 Å². The van der Waals surface area contributed by atoms with Crippen LogP contribution in [0.15, 0.2) is 18.3 Å². The second kappa shape index (κ2) is 7.50. The van der Waals surface area contributed by atoms with Crippen LogP contribution in [-0.4, -0.2) is 41.6 Å². The van der Waals surface area contributed by atoms with E-state index in [1.54, 1.807) is 6.92 Å². The lowest BCUT2D eigenvalue weighted by Crippen LogP contribution is -2.42. The number of hydrogen-bond donors (Lipinski definition) is 1. The number of esters is 1. The predicted octanol–water partition coefficient (Wildman–Crippen LogP) is 2.91. The van der Waals surface area contributed by atoms with Crippen LogP contribution in [0.25, 0.3) is 0 Å². The number of urea groups is 1. The number of likely N-dealkylation sites (tertiary alicyclic amines) is 1. The highest BCUT2D eigenvalue weighted by molar-refractivity contribution is 5.89. The quantitative estimate of drug-likeness (QED) is 0.855. The Labute approximate surface area is 137 Å². The van der Waals surface area contributed by atoms with E-state index < -0.39 is 17.9 Å². The molecule has 24 heavy (non-hydrogen) atoms. The number of nitrogens with one attached hydrogen (secondary N) is 1. The van der Waals surface area contributed by atoms with Crippen molar-refractivity contribution in [1.82, 2.24) is 9.88 Å². The fourth-order valence-corrected chi connectivity index (χ4v) is 2.42. The van der Waals surface area contributed by atoms with E-state index in [4.69, 9.17) is 4.74 Å². The average molecular weight is 345 g/mol. The number of rotatable bonds is 3. The normalized spacial score (nSPS) is 15.9. The molecule has 0 aromatic carbocycles. The number of carbonyl (C=O) groups excluding carboxylic acids is 2. The summed E-state index contributed by atoms with van der Waals surface area (Å²) in [4.78, 5) is 28.5. The van der Waals surface area contributed by atoms with Crippen molar-refractivity contribution in [3.63, 3.8) is 0 Å². The molecule has 1 aromatic heterocycles. The first kappa shape index (κ1) is 18.0. The van der Waals surface area contributed by atoms with Gasteiger partial charge in [0, 0.05) is 13.1 Å². The van der Waals surface area contributed by atoms with Crippen molar-refractivity contribution >= 4 is 17.7 Å². The number of alkyl halides is 3. The second-order valence-electron chi connectivity index (χ2n) is 5.37. The van der Waals surface area contributed by atoms with Crippen LogP contribution < -0.4 is 5.32 Å². The highest BCUT2D eigenvalue weighted by atomic mass is 19.4. The number of piperidine rings is 1. The van der Waals surface area contributed by atoms with Gasteiger partial charge in [0.1, 0.15) is 5.69 Å². The zero-order valence-corrected chi connectivity index (χ0v) is 13.1. The van der Waals surface area contributed by atoms with Crippen LogP contribution in [0.3, 0.4) is 0 Å². The Morgan fingerprint density at radius 2 is 2.00 bits per heavy atom. The largest absolute Gasteiger partial charge is 0.466 e. The number of hydrogen-bond acceptors (Lipinski definition) is 4. The Bertz CT molecular complexity index is 582. The Morgan fingerprint density at radius 1 is 1.33 bits per heavy atom. The van der Waals surface area contributed by atoms with Gasteiger partial charge in [-0.1, -0.05) is 0 Å². The summed E-state index contributed by atoms with van der Waals surface area (Å²) in [6.07, 6.45) is -2.56. The number of halogens is 3. The lowest BCUT2D eigenvalue weighted by atomic mass is 9.97. The molecule has 6 nitrogen and oxygen atoms in total. The molecular weight excluding hydrogens is 327 g/mol. The Balaban J connectivity index is 1.86. The molecule has 1 N–H and O–H groups in total. The minimum Gasteiger partial charge on any atom is -0.466 e. The van der Waals surface area contributed by atoms with E-state index in [-0.39, 0.29) is 17.6 Å². The van der Waals surface area contributed by atoms with Gasteiger partial charge in [-0.3, -0.25) is 4.79 Å². The van der Waals surface area contributed by atoms with Gasteiger partial charge in [0.15, 0.2) is 0 Å². The van der Waals surface area contributed by atoms with Crippen molar-refractivity contribution in [1.29, 1.82) is 0 Å². The molecule has 0 atom stereocenters. The number of pyridine rings is 1. The molecule has 1 fully saturated rings. The Morgan fingerprint density at radius 3 is 2.50 bits per heavy atom. The molecule has 0 bridgehead atoms. The third kappa shape index (κ3) is 4.59. The van der Waals surface area contributed by atoms with Gasteiger partial charge in [0.05, 0.1) is 24.4 Å². The zero-order valence-electron chi connectivity index (χ0n) is 13.1. The molecule has 2 amide bonds. The molecule has 0 unspecified atom stereocenters. The van der Waals surface area contributed by atoms with Crippen molar-refractivity contribution in [3.05, 3.63) is 24.0 Å².